The predicted molar refractivity (Wildman–Crippen MR) is 165 cm³/mol. The van der Waals surface area contributed by atoms with Crippen molar-refractivity contribution in [3.63, 3.8) is 0 Å². The number of aromatic nitrogens is 2. The molecule has 1 aromatic carbocycles. The third-order valence-electron chi connectivity index (χ3n) is 9.10. The third kappa shape index (κ3) is 5.67. The third-order valence-corrected chi connectivity index (χ3v) is 9.10. The fourth-order valence-electron chi connectivity index (χ4n) is 6.69. The quantitative estimate of drug-likeness (QED) is 0.522. The maximum absolute atomic E-state index is 6.37. The van der Waals surface area contributed by atoms with Crippen LogP contribution in [0.2, 0.25) is 0 Å². The Labute approximate surface area is 244 Å². The van der Waals surface area contributed by atoms with Gasteiger partial charge in [-0.2, -0.15) is 4.98 Å². The Morgan fingerprint density at radius 1 is 1.15 bits per heavy atom. The monoisotopic (exact) mass is 559 g/mol. The zero-order valence-corrected chi connectivity index (χ0v) is 25.2. The van der Waals surface area contributed by atoms with Crippen LogP contribution in [-0.4, -0.2) is 93.2 Å². The van der Waals surface area contributed by atoms with E-state index in [1.165, 1.54) is 22.5 Å². The van der Waals surface area contributed by atoms with Crippen LogP contribution in [0.1, 0.15) is 39.2 Å². The fourth-order valence-corrected chi connectivity index (χ4v) is 6.69. The second-order valence-electron chi connectivity index (χ2n) is 12.7. The molecule has 5 heterocycles. The number of rotatable bonds is 7. The Kier molecular flexibility index (Phi) is 7.70. The molecule has 2 atom stereocenters. The van der Waals surface area contributed by atoms with E-state index in [1.807, 2.05) is 6.20 Å². The lowest BCUT2D eigenvalue weighted by atomic mass is 9.73. The molecule has 0 radical (unpaired) electrons. The van der Waals surface area contributed by atoms with E-state index in [2.05, 4.69) is 96.6 Å². The van der Waals surface area contributed by atoms with E-state index in [9.17, 15) is 0 Å². The van der Waals surface area contributed by atoms with Crippen molar-refractivity contribution in [2.75, 3.05) is 81.8 Å². The summed E-state index contributed by atoms with van der Waals surface area (Å²) in [6.45, 7) is 13.5. The van der Waals surface area contributed by atoms with Crippen molar-refractivity contribution in [3.8, 4) is 0 Å². The van der Waals surface area contributed by atoms with Crippen molar-refractivity contribution < 1.29 is 9.47 Å². The molecule has 2 N–H and O–H groups in total. The Balaban J connectivity index is 1.26. The summed E-state index contributed by atoms with van der Waals surface area (Å²) in [7, 11) is 4.28. The van der Waals surface area contributed by atoms with Gasteiger partial charge in [0.05, 0.1) is 25.4 Å². The summed E-state index contributed by atoms with van der Waals surface area (Å²) in [4.78, 5) is 17.0. The van der Waals surface area contributed by atoms with Crippen LogP contribution in [0.4, 0.5) is 23.1 Å². The molecular formula is C32H45N7O2. The lowest BCUT2D eigenvalue weighted by Crippen LogP contribution is -2.55. The number of benzene rings is 1. The average molecular weight is 560 g/mol. The molecule has 2 aromatic rings. The first kappa shape index (κ1) is 28.0. The van der Waals surface area contributed by atoms with Crippen molar-refractivity contribution in [3.05, 3.63) is 59.4 Å². The summed E-state index contributed by atoms with van der Waals surface area (Å²) < 4.78 is 11.9. The number of anilines is 4. The molecule has 0 saturated carbocycles. The summed E-state index contributed by atoms with van der Waals surface area (Å²) >= 11 is 0. The number of nitrogens with zero attached hydrogens (tertiary/aromatic N) is 5. The molecule has 220 valence electrons. The number of fused-ring (bicyclic) bond motifs is 3. The van der Waals surface area contributed by atoms with E-state index in [0.29, 0.717) is 12.6 Å². The highest BCUT2D eigenvalue weighted by molar-refractivity contribution is 5.65. The maximum Gasteiger partial charge on any atom is 0.229 e. The smallest absolute Gasteiger partial charge is 0.229 e. The molecule has 4 aliphatic heterocycles. The van der Waals surface area contributed by atoms with Gasteiger partial charge >= 0.3 is 0 Å². The number of morpholine rings is 1. The van der Waals surface area contributed by atoms with Gasteiger partial charge in [0, 0.05) is 93.5 Å². The van der Waals surface area contributed by atoms with E-state index >= 15 is 0 Å². The number of hydrogen-bond donors (Lipinski definition) is 2. The maximum atomic E-state index is 6.37. The molecule has 41 heavy (non-hydrogen) atoms. The Bertz CT molecular complexity index is 1300. The first-order valence-electron chi connectivity index (χ1n) is 15.0. The molecule has 2 saturated heterocycles. The van der Waals surface area contributed by atoms with Crippen LogP contribution in [-0.2, 0) is 14.9 Å². The van der Waals surface area contributed by atoms with E-state index in [0.717, 1.165) is 70.3 Å². The van der Waals surface area contributed by atoms with Crippen molar-refractivity contribution in [2.45, 2.75) is 50.7 Å². The van der Waals surface area contributed by atoms with E-state index < -0.39 is 0 Å². The number of hydrogen-bond acceptors (Lipinski definition) is 9. The normalized spacial score (nSPS) is 25.8. The number of ether oxygens (including phenoxy) is 2. The van der Waals surface area contributed by atoms with Gasteiger partial charge < -0.3 is 34.8 Å². The highest BCUT2D eigenvalue weighted by Crippen LogP contribution is 2.50. The van der Waals surface area contributed by atoms with Gasteiger partial charge in [-0.1, -0.05) is 19.1 Å². The molecule has 1 aromatic heterocycles. The SMILES string of the molecule is CN(C)C1=C(/C=C\CN2c3nc(Nc4ccc(N5CCOCC5)cc4)ncc3[C@]3(C)COC(C)(C)C[C@H]23)CNCC1. The molecule has 0 bridgehead atoms. The van der Waals surface area contributed by atoms with E-state index in [4.69, 9.17) is 19.4 Å². The molecule has 0 aliphatic carbocycles. The molecule has 9 nitrogen and oxygen atoms in total. The zero-order chi connectivity index (χ0) is 28.6. The zero-order valence-electron chi connectivity index (χ0n) is 25.2. The van der Waals surface area contributed by atoms with Crippen LogP contribution in [0, 0.1) is 0 Å². The minimum atomic E-state index is -0.182. The molecule has 2 fully saturated rings. The highest BCUT2D eigenvalue weighted by atomic mass is 16.5. The van der Waals surface area contributed by atoms with Gasteiger partial charge in [-0.05, 0) is 50.1 Å². The first-order valence-corrected chi connectivity index (χ1v) is 15.0. The first-order chi connectivity index (χ1) is 19.7. The van der Waals surface area contributed by atoms with Crippen LogP contribution in [0.25, 0.3) is 0 Å². The Hall–Kier alpha value is -3.14. The van der Waals surface area contributed by atoms with Gasteiger partial charge in [-0.25, -0.2) is 4.98 Å². The minimum Gasteiger partial charge on any atom is -0.381 e. The number of nitrogens with one attached hydrogen (secondary N) is 2. The van der Waals surface area contributed by atoms with Gasteiger partial charge in [-0.3, -0.25) is 0 Å². The second-order valence-corrected chi connectivity index (χ2v) is 12.7. The van der Waals surface area contributed by atoms with Crippen molar-refractivity contribution in [2.24, 2.45) is 0 Å². The fraction of sp³-hybridized carbons (Fsp3) is 0.562. The van der Waals surface area contributed by atoms with Crippen LogP contribution in [0.15, 0.2) is 53.9 Å². The summed E-state index contributed by atoms with van der Waals surface area (Å²) in [5, 5.41) is 6.98. The van der Waals surface area contributed by atoms with Gasteiger partial charge in [0.15, 0.2) is 0 Å². The van der Waals surface area contributed by atoms with Gasteiger partial charge in [0.2, 0.25) is 5.95 Å². The standard InChI is InChI=1S/C32H45N7O2/c1-31(2)19-28-32(3,22-41-31)26-21-34-30(35-24-8-10-25(11-9-24)38-15-17-40-18-16-38)36-29(26)39(28)14-6-7-23-20-33-13-12-27(23)37(4)5/h6-11,21,28,33H,12-20,22H2,1-5H3,(H,34,35,36)/b7-6-/t28-,32-/m0/s1. The summed E-state index contributed by atoms with van der Waals surface area (Å²) in [6.07, 6.45) is 8.62. The Morgan fingerprint density at radius 3 is 2.68 bits per heavy atom. The van der Waals surface area contributed by atoms with E-state index in [1.54, 1.807) is 0 Å². The van der Waals surface area contributed by atoms with Crippen molar-refractivity contribution in [1.82, 2.24) is 20.2 Å². The van der Waals surface area contributed by atoms with Gasteiger partial charge in [0.25, 0.3) is 0 Å². The molecule has 0 spiro atoms. The molecule has 0 unspecified atom stereocenters. The lowest BCUT2D eigenvalue weighted by Gasteiger charge is -2.46. The van der Waals surface area contributed by atoms with Crippen LogP contribution >= 0.6 is 0 Å². The topological polar surface area (TPSA) is 78.0 Å². The largest absolute Gasteiger partial charge is 0.381 e. The van der Waals surface area contributed by atoms with Crippen LogP contribution < -0.4 is 20.4 Å². The highest BCUT2D eigenvalue weighted by Gasteiger charge is 2.54. The molecule has 0 amide bonds. The molecule has 4 aliphatic rings. The van der Waals surface area contributed by atoms with Crippen LogP contribution in [0.3, 0.4) is 0 Å². The minimum absolute atomic E-state index is 0.155. The summed E-state index contributed by atoms with van der Waals surface area (Å²) in [5.74, 6) is 1.63. The molecule has 9 heteroatoms. The van der Waals surface area contributed by atoms with Crippen molar-refractivity contribution in [1.29, 1.82) is 0 Å². The average Bonchev–Trinajstić information content (AvgIpc) is 3.20. The van der Waals surface area contributed by atoms with Gasteiger partial charge in [-0.15, -0.1) is 0 Å². The van der Waals surface area contributed by atoms with Crippen LogP contribution in [0.5, 0.6) is 0 Å². The Morgan fingerprint density at radius 2 is 1.93 bits per heavy atom. The van der Waals surface area contributed by atoms with E-state index in [-0.39, 0.29) is 17.1 Å². The second kappa shape index (κ2) is 11.3. The van der Waals surface area contributed by atoms with Gasteiger partial charge in [0.1, 0.15) is 5.82 Å². The predicted octanol–water partition coefficient (Wildman–Crippen LogP) is 4.07. The summed E-state index contributed by atoms with van der Waals surface area (Å²) in [6, 6.07) is 8.81. The lowest BCUT2D eigenvalue weighted by molar-refractivity contribution is -0.0902. The molecule has 6 rings (SSSR count). The molecular weight excluding hydrogens is 514 g/mol. The summed E-state index contributed by atoms with van der Waals surface area (Å²) in [5.41, 5.74) is 5.80. The van der Waals surface area contributed by atoms with Crippen molar-refractivity contribution >= 4 is 23.1 Å².